The lowest BCUT2D eigenvalue weighted by atomic mass is 9.84. The first-order valence-corrected chi connectivity index (χ1v) is 9.57. The maximum Gasteiger partial charge on any atom is 0.213 e. The van der Waals surface area contributed by atoms with Gasteiger partial charge in [-0.25, -0.2) is 4.98 Å². The number of benzene rings is 1. The fourth-order valence-corrected chi connectivity index (χ4v) is 4.20. The lowest BCUT2D eigenvalue weighted by Crippen LogP contribution is -2.65. The Bertz CT molecular complexity index is 925. The van der Waals surface area contributed by atoms with Gasteiger partial charge < -0.3 is 9.47 Å². The molecule has 0 radical (unpaired) electrons. The largest absolute Gasteiger partial charge is 0.474 e. The van der Waals surface area contributed by atoms with Gasteiger partial charge in [-0.3, -0.25) is 9.88 Å². The highest BCUT2D eigenvalue weighted by Gasteiger charge is 2.48. The van der Waals surface area contributed by atoms with E-state index in [4.69, 9.17) is 14.5 Å². The second-order valence-corrected chi connectivity index (χ2v) is 7.57. The molecule has 138 valence electrons. The summed E-state index contributed by atoms with van der Waals surface area (Å²) in [5.41, 5.74) is 2.10. The second-order valence-electron chi connectivity index (χ2n) is 7.57. The molecule has 4 heterocycles. The first-order chi connectivity index (χ1) is 13.3. The zero-order valence-corrected chi connectivity index (χ0v) is 15.3. The molecule has 2 fully saturated rings. The summed E-state index contributed by atoms with van der Waals surface area (Å²) in [4.78, 5) is 11.5. The first kappa shape index (κ1) is 16.7. The number of fused-ring (bicyclic) bond motifs is 1. The Labute approximate surface area is 159 Å². The van der Waals surface area contributed by atoms with Crippen molar-refractivity contribution < 1.29 is 9.47 Å². The van der Waals surface area contributed by atoms with Crippen molar-refractivity contribution in [2.75, 3.05) is 19.7 Å². The minimum absolute atomic E-state index is 0.0749. The first-order valence-electron chi connectivity index (χ1n) is 9.57. The molecule has 5 heteroatoms. The molecule has 0 N–H and O–H groups in total. The van der Waals surface area contributed by atoms with Gasteiger partial charge in [-0.1, -0.05) is 30.3 Å². The van der Waals surface area contributed by atoms with Crippen LogP contribution in [0.5, 0.6) is 5.88 Å². The predicted octanol–water partition coefficient (Wildman–Crippen LogP) is 3.44. The van der Waals surface area contributed by atoms with E-state index in [1.54, 1.807) is 6.20 Å². The summed E-state index contributed by atoms with van der Waals surface area (Å²) in [6, 6.07) is 18.3. The highest BCUT2D eigenvalue weighted by atomic mass is 16.5. The van der Waals surface area contributed by atoms with Crippen molar-refractivity contribution in [2.45, 2.75) is 31.1 Å². The number of nitrogens with zero attached hydrogens (tertiary/aromatic N) is 3. The molecule has 5 nitrogen and oxygen atoms in total. The molecular weight excluding hydrogens is 338 g/mol. The summed E-state index contributed by atoms with van der Waals surface area (Å²) in [7, 11) is 0. The molecule has 2 saturated heterocycles. The van der Waals surface area contributed by atoms with E-state index < -0.39 is 0 Å². The van der Waals surface area contributed by atoms with Crippen molar-refractivity contribution in [2.24, 2.45) is 0 Å². The van der Waals surface area contributed by atoms with Gasteiger partial charge in [0.15, 0.2) is 0 Å². The van der Waals surface area contributed by atoms with E-state index in [0.29, 0.717) is 5.88 Å². The van der Waals surface area contributed by atoms with E-state index in [-0.39, 0.29) is 11.7 Å². The molecular formula is C22H23N3O2. The van der Waals surface area contributed by atoms with E-state index in [1.165, 1.54) is 5.39 Å². The summed E-state index contributed by atoms with van der Waals surface area (Å²) < 4.78 is 12.2. The van der Waals surface area contributed by atoms with Crippen molar-refractivity contribution in [3.63, 3.8) is 0 Å². The smallest absolute Gasteiger partial charge is 0.213 e. The van der Waals surface area contributed by atoms with Crippen molar-refractivity contribution in [1.29, 1.82) is 0 Å². The number of ether oxygens (including phenoxy) is 2. The molecule has 2 aliphatic rings. The SMILES string of the molecule is c1ccc(O[C@@H]2CCOC3(C2)CN(Cc2ccc4ccccc4n2)C3)nc1. The normalized spacial score (nSPS) is 21.9. The summed E-state index contributed by atoms with van der Waals surface area (Å²) >= 11 is 0. The van der Waals surface area contributed by atoms with Gasteiger partial charge in [-0.2, -0.15) is 0 Å². The molecule has 27 heavy (non-hydrogen) atoms. The van der Waals surface area contributed by atoms with Gasteiger partial charge in [0.05, 0.1) is 23.4 Å². The Kier molecular flexibility index (Phi) is 4.26. The van der Waals surface area contributed by atoms with Gasteiger partial charge in [-0.05, 0) is 18.2 Å². The number of pyridine rings is 2. The van der Waals surface area contributed by atoms with Gasteiger partial charge in [0.1, 0.15) is 6.10 Å². The zero-order valence-electron chi connectivity index (χ0n) is 15.3. The van der Waals surface area contributed by atoms with E-state index in [1.807, 2.05) is 30.3 Å². The van der Waals surface area contributed by atoms with Crippen LogP contribution in [0.1, 0.15) is 18.5 Å². The summed E-state index contributed by atoms with van der Waals surface area (Å²) in [5, 5.41) is 1.19. The molecule has 1 spiro atoms. The Hall–Kier alpha value is -2.50. The second kappa shape index (κ2) is 6.91. The van der Waals surface area contributed by atoms with Crippen LogP contribution in [0.15, 0.2) is 60.8 Å². The quantitative estimate of drug-likeness (QED) is 0.712. The number of hydrogen-bond donors (Lipinski definition) is 0. The third kappa shape index (κ3) is 3.53. The third-order valence-corrected chi connectivity index (χ3v) is 5.44. The third-order valence-electron chi connectivity index (χ3n) is 5.44. The fourth-order valence-electron chi connectivity index (χ4n) is 4.20. The van der Waals surface area contributed by atoms with Crippen LogP contribution >= 0.6 is 0 Å². The van der Waals surface area contributed by atoms with Crippen LogP contribution in [0.2, 0.25) is 0 Å². The van der Waals surface area contributed by atoms with Crippen LogP contribution in [-0.4, -0.2) is 46.3 Å². The van der Waals surface area contributed by atoms with Gasteiger partial charge in [0.25, 0.3) is 0 Å². The Morgan fingerprint density at radius 1 is 1.07 bits per heavy atom. The zero-order chi connectivity index (χ0) is 18.1. The van der Waals surface area contributed by atoms with Crippen LogP contribution in [-0.2, 0) is 11.3 Å². The molecule has 1 aromatic carbocycles. The average Bonchev–Trinajstić information content (AvgIpc) is 2.68. The van der Waals surface area contributed by atoms with Crippen LogP contribution < -0.4 is 4.74 Å². The fraction of sp³-hybridized carbons (Fsp3) is 0.364. The van der Waals surface area contributed by atoms with E-state index in [2.05, 4.69) is 34.1 Å². The summed E-state index contributed by atoms with van der Waals surface area (Å²) in [6.07, 6.45) is 3.79. The van der Waals surface area contributed by atoms with E-state index >= 15 is 0 Å². The molecule has 2 aliphatic heterocycles. The molecule has 0 bridgehead atoms. The standard InChI is InChI=1S/C22H23N3O2/c1-2-6-20-17(5-1)8-9-18(24-20)14-25-15-22(16-25)13-19(10-12-26-22)27-21-7-3-4-11-23-21/h1-9,11,19H,10,12-16H2/t19-/m1/s1. The lowest BCUT2D eigenvalue weighted by molar-refractivity contribution is -0.188. The average molecular weight is 361 g/mol. The predicted molar refractivity (Wildman–Crippen MR) is 104 cm³/mol. The van der Waals surface area contributed by atoms with Gasteiger partial charge in [-0.15, -0.1) is 0 Å². The monoisotopic (exact) mass is 361 g/mol. The van der Waals surface area contributed by atoms with Crippen LogP contribution in [0.25, 0.3) is 10.9 Å². The molecule has 0 saturated carbocycles. The highest BCUT2D eigenvalue weighted by molar-refractivity contribution is 5.78. The highest BCUT2D eigenvalue weighted by Crippen LogP contribution is 2.36. The molecule has 2 aromatic heterocycles. The summed E-state index contributed by atoms with van der Waals surface area (Å²) in [6.45, 7) is 3.48. The maximum absolute atomic E-state index is 6.15. The topological polar surface area (TPSA) is 47.5 Å². The van der Waals surface area contributed by atoms with Crippen LogP contribution in [0.3, 0.4) is 0 Å². The Morgan fingerprint density at radius 3 is 2.85 bits per heavy atom. The molecule has 1 atom stereocenters. The summed E-state index contributed by atoms with van der Waals surface area (Å²) in [5.74, 6) is 0.705. The number of aromatic nitrogens is 2. The molecule has 3 aromatic rings. The molecule has 0 amide bonds. The van der Waals surface area contributed by atoms with Crippen molar-refractivity contribution in [3.8, 4) is 5.88 Å². The van der Waals surface area contributed by atoms with E-state index in [9.17, 15) is 0 Å². The van der Waals surface area contributed by atoms with E-state index in [0.717, 1.165) is 50.3 Å². The van der Waals surface area contributed by atoms with Crippen molar-refractivity contribution in [1.82, 2.24) is 14.9 Å². The van der Waals surface area contributed by atoms with Gasteiger partial charge in [0.2, 0.25) is 5.88 Å². The molecule has 5 rings (SSSR count). The minimum atomic E-state index is -0.0749. The Morgan fingerprint density at radius 2 is 1.96 bits per heavy atom. The van der Waals surface area contributed by atoms with Crippen LogP contribution in [0.4, 0.5) is 0 Å². The van der Waals surface area contributed by atoms with Crippen molar-refractivity contribution >= 4 is 10.9 Å². The lowest BCUT2D eigenvalue weighted by Gasteiger charge is -2.53. The minimum Gasteiger partial charge on any atom is -0.474 e. The Balaban J connectivity index is 1.20. The van der Waals surface area contributed by atoms with Crippen LogP contribution in [0, 0.1) is 0 Å². The maximum atomic E-state index is 6.15. The number of likely N-dealkylation sites (tertiary alicyclic amines) is 1. The molecule has 0 aliphatic carbocycles. The number of para-hydroxylation sites is 1. The number of rotatable bonds is 4. The number of hydrogen-bond acceptors (Lipinski definition) is 5. The van der Waals surface area contributed by atoms with Crippen molar-refractivity contribution in [3.05, 3.63) is 66.5 Å². The van der Waals surface area contributed by atoms with Gasteiger partial charge in [0, 0.05) is 50.1 Å². The van der Waals surface area contributed by atoms with Gasteiger partial charge >= 0.3 is 0 Å². The molecule has 0 unspecified atom stereocenters.